The van der Waals surface area contributed by atoms with Gasteiger partial charge < -0.3 is 0 Å². The predicted molar refractivity (Wildman–Crippen MR) is 47.5 cm³/mol. The van der Waals surface area contributed by atoms with Gasteiger partial charge in [0.15, 0.2) is 6.29 Å². The van der Waals surface area contributed by atoms with Gasteiger partial charge in [0.2, 0.25) is 0 Å². The molecule has 0 amide bonds. The molecule has 0 aliphatic heterocycles. The molecule has 2 nitrogen and oxygen atoms in total. The van der Waals surface area contributed by atoms with E-state index in [4.69, 9.17) is 0 Å². The van der Waals surface area contributed by atoms with Crippen LogP contribution >= 0.6 is 0 Å². The molecule has 0 rings (SSSR count). The standard InChI is InChI=1S/C10H12O2/c11-9-7-5-3-1-2-4-6-8-10-12/h5,7,9-10H,1-4H2/b7-5+. The summed E-state index contributed by atoms with van der Waals surface area (Å²) in [5.74, 6) is 5.06. The summed E-state index contributed by atoms with van der Waals surface area (Å²) in [6.07, 6.45) is 8.35. The molecule has 0 aliphatic rings. The van der Waals surface area contributed by atoms with Crippen LogP contribution in [-0.2, 0) is 9.59 Å². The minimum absolute atomic E-state index is 0.603. The minimum atomic E-state index is 0.603. The molecule has 0 unspecified atom stereocenters. The molecule has 0 heterocycles. The van der Waals surface area contributed by atoms with Crippen LogP contribution in [0, 0.1) is 11.8 Å². The minimum Gasteiger partial charge on any atom is -0.299 e. The topological polar surface area (TPSA) is 34.1 Å². The Hall–Kier alpha value is -1.36. The maximum absolute atomic E-state index is 9.83. The van der Waals surface area contributed by atoms with E-state index in [1.807, 2.05) is 6.08 Å². The van der Waals surface area contributed by atoms with Gasteiger partial charge in [0.05, 0.1) is 0 Å². The number of rotatable bonds is 5. The van der Waals surface area contributed by atoms with Crippen molar-refractivity contribution in [3.05, 3.63) is 12.2 Å². The first kappa shape index (κ1) is 10.6. The van der Waals surface area contributed by atoms with Crippen LogP contribution in [0.25, 0.3) is 0 Å². The summed E-state index contributed by atoms with van der Waals surface area (Å²) in [6.45, 7) is 0. The predicted octanol–water partition coefficient (Wildman–Crippen LogP) is 1.50. The number of hydrogen-bond acceptors (Lipinski definition) is 2. The van der Waals surface area contributed by atoms with E-state index in [0.717, 1.165) is 32.0 Å². The van der Waals surface area contributed by atoms with Crippen molar-refractivity contribution in [1.29, 1.82) is 0 Å². The zero-order valence-electron chi connectivity index (χ0n) is 6.95. The van der Waals surface area contributed by atoms with Crippen molar-refractivity contribution >= 4 is 12.6 Å². The highest BCUT2D eigenvalue weighted by atomic mass is 16.1. The number of allylic oxidation sites excluding steroid dienone is 2. The molecule has 0 aliphatic carbocycles. The Morgan fingerprint density at radius 1 is 1.17 bits per heavy atom. The summed E-state index contributed by atoms with van der Waals surface area (Å²) >= 11 is 0. The van der Waals surface area contributed by atoms with Crippen molar-refractivity contribution in [3.63, 3.8) is 0 Å². The van der Waals surface area contributed by atoms with Gasteiger partial charge >= 0.3 is 0 Å². The second-order valence-corrected chi connectivity index (χ2v) is 2.25. The summed E-state index contributed by atoms with van der Waals surface area (Å²) in [6, 6.07) is 0. The number of carbonyl (C=O) groups excluding carboxylic acids is 2. The van der Waals surface area contributed by atoms with Crippen molar-refractivity contribution in [3.8, 4) is 11.8 Å². The largest absolute Gasteiger partial charge is 0.299 e. The Morgan fingerprint density at radius 3 is 2.67 bits per heavy atom. The van der Waals surface area contributed by atoms with Crippen LogP contribution in [0.5, 0.6) is 0 Å². The Kier molecular flexibility index (Phi) is 8.55. The van der Waals surface area contributed by atoms with Crippen LogP contribution in [0.15, 0.2) is 12.2 Å². The van der Waals surface area contributed by atoms with Crippen LogP contribution in [-0.4, -0.2) is 12.6 Å². The van der Waals surface area contributed by atoms with E-state index in [2.05, 4.69) is 11.8 Å². The van der Waals surface area contributed by atoms with E-state index in [9.17, 15) is 9.59 Å². The summed E-state index contributed by atoms with van der Waals surface area (Å²) in [7, 11) is 0. The lowest BCUT2D eigenvalue weighted by Crippen LogP contribution is -1.73. The van der Waals surface area contributed by atoms with Gasteiger partial charge in [-0.25, -0.2) is 0 Å². The maximum Gasteiger partial charge on any atom is 0.192 e. The quantitative estimate of drug-likeness (QED) is 0.267. The first-order valence-corrected chi connectivity index (χ1v) is 3.94. The van der Waals surface area contributed by atoms with E-state index in [1.54, 1.807) is 0 Å². The average Bonchev–Trinajstić information content (AvgIpc) is 2.10. The molecule has 0 saturated carbocycles. The fourth-order valence-electron chi connectivity index (χ4n) is 0.741. The molecule has 64 valence electrons. The molecular formula is C10H12O2. The normalized spacial score (nSPS) is 9.00. The van der Waals surface area contributed by atoms with E-state index < -0.39 is 0 Å². The number of aldehydes is 2. The van der Waals surface area contributed by atoms with E-state index in [0.29, 0.717) is 6.29 Å². The molecule has 0 atom stereocenters. The van der Waals surface area contributed by atoms with Crippen molar-refractivity contribution in [2.24, 2.45) is 0 Å². The van der Waals surface area contributed by atoms with Gasteiger partial charge in [0.25, 0.3) is 0 Å². The molecule has 0 fully saturated rings. The van der Waals surface area contributed by atoms with Crippen molar-refractivity contribution in [2.45, 2.75) is 25.7 Å². The van der Waals surface area contributed by atoms with Crippen LogP contribution in [0.4, 0.5) is 0 Å². The average molecular weight is 164 g/mol. The smallest absolute Gasteiger partial charge is 0.192 e. The molecule has 0 radical (unpaired) electrons. The molecular weight excluding hydrogens is 152 g/mol. The monoisotopic (exact) mass is 164 g/mol. The SMILES string of the molecule is O=CC#CCCCC/C=C/C=O. The number of carbonyl (C=O) groups is 2. The van der Waals surface area contributed by atoms with Gasteiger partial charge in [-0.1, -0.05) is 12.0 Å². The van der Waals surface area contributed by atoms with Gasteiger partial charge in [-0.15, -0.1) is 0 Å². The second kappa shape index (κ2) is 9.64. The molecule has 0 aromatic heterocycles. The first-order valence-electron chi connectivity index (χ1n) is 3.94. The molecule has 0 aromatic rings. The number of unbranched alkanes of at least 4 members (excludes halogenated alkanes) is 3. The Bertz CT molecular complexity index is 206. The highest BCUT2D eigenvalue weighted by Crippen LogP contribution is 1.98. The summed E-state index contributed by atoms with van der Waals surface area (Å²) < 4.78 is 0. The van der Waals surface area contributed by atoms with E-state index in [1.165, 1.54) is 6.08 Å². The molecule has 2 heteroatoms. The van der Waals surface area contributed by atoms with Crippen molar-refractivity contribution < 1.29 is 9.59 Å². The van der Waals surface area contributed by atoms with E-state index in [-0.39, 0.29) is 0 Å². The maximum atomic E-state index is 9.83. The zero-order chi connectivity index (χ0) is 9.07. The lowest BCUT2D eigenvalue weighted by Gasteiger charge is -1.88. The Labute approximate surface area is 72.7 Å². The first-order chi connectivity index (χ1) is 5.91. The van der Waals surface area contributed by atoms with Crippen LogP contribution in [0.1, 0.15) is 25.7 Å². The van der Waals surface area contributed by atoms with Gasteiger partial charge in [0.1, 0.15) is 6.29 Å². The number of hydrogen-bond donors (Lipinski definition) is 0. The van der Waals surface area contributed by atoms with Gasteiger partial charge in [-0.3, -0.25) is 9.59 Å². The summed E-state index contributed by atoms with van der Waals surface area (Å²) in [5, 5.41) is 0. The second-order valence-electron chi connectivity index (χ2n) is 2.25. The Morgan fingerprint density at radius 2 is 2.00 bits per heavy atom. The third-order valence-electron chi connectivity index (χ3n) is 1.30. The van der Waals surface area contributed by atoms with Crippen LogP contribution in [0.2, 0.25) is 0 Å². The molecule has 0 N–H and O–H groups in total. The van der Waals surface area contributed by atoms with Gasteiger partial charge in [0, 0.05) is 6.42 Å². The van der Waals surface area contributed by atoms with Crippen molar-refractivity contribution in [2.75, 3.05) is 0 Å². The summed E-state index contributed by atoms with van der Waals surface area (Å²) in [5.41, 5.74) is 0. The molecule has 0 spiro atoms. The van der Waals surface area contributed by atoms with Crippen LogP contribution < -0.4 is 0 Å². The van der Waals surface area contributed by atoms with Gasteiger partial charge in [-0.05, 0) is 31.3 Å². The van der Waals surface area contributed by atoms with Crippen molar-refractivity contribution in [1.82, 2.24) is 0 Å². The molecule has 12 heavy (non-hydrogen) atoms. The van der Waals surface area contributed by atoms with Gasteiger partial charge in [-0.2, -0.15) is 0 Å². The third-order valence-corrected chi connectivity index (χ3v) is 1.30. The summed E-state index contributed by atoms with van der Waals surface area (Å²) in [4.78, 5) is 19.6. The molecule has 0 saturated heterocycles. The third kappa shape index (κ3) is 8.64. The lowest BCUT2D eigenvalue weighted by atomic mass is 10.2. The lowest BCUT2D eigenvalue weighted by molar-refractivity contribution is -0.104. The fourth-order valence-corrected chi connectivity index (χ4v) is 0.741. The Balaban J connectivity index is 3.15. The molecule has 0 aromatic carbocycles. The van der Waals surface area contributed by atoms with E-state index >= 15 is 0 Å². The fraction of sp³-hybridized carbons (Fsp3) is 0.400. The molecule has 0 bridgehead atoms. The zero-order valence-corrected chi connectivity index (χ0v) is 6.95. The van der Waals surface area contributed by atoms with Crippen LogP contribution in [0.3, 0.4) is 0 Å². The highest BCUT2D eigenvalue weighted by molar-refractivity contribution is 5.72. The highest BCUT2D eigenvalue weighted by Gasteiger charge is 1.82.